The van der Waals surface area contributed by atoms with Gasteiger partial charge in [0.05, 0.1) is 11.4 Å². The van der Waals surface area contributed by atoms with E-state index in [2.05, 4.69) is 40.7 Å². The number of carbonyl (C=O) groups excluding carboxylic acids is 2. The maximum atomic E-state index is 13.8. The van der Waals surface area contributed by atoms with E-state index in [1.807, 2.05) is 65.7 Å². The van der Waals surface area contributed by atoms with E-state index in [1.54, 1.807) is 6.07 Å². The zero-order valence-corrected chi connectivity index (χ0v) is 20.8. The Bertz CT molecular complexity index is 1420. The van der Waals surface area contributed by atoms with Crippen LogP contribution in [0.2, 0.25) is 0 Å². The van der Waals surface area contributed by atoms with Gasteiger partial charge in [-0.1, -0.05) is 24.3 Å². The van der Waals surface area contributed by atoms with E-state index in [0.29, 0.717) is 17.8 Å². The molecule has 3 aromatic carbocycles. The van der Waals surface area contributed by atoms with Crippen molar-refractivity contribution >= 4 is 39.8 Å². The summed E-state index contributed by atoms with van der Waals surface area (Å²) in [6.07, 6.45) is 2.73. The lowest BCUT2D eigenvalue weighted by atomic mass is 9.99. The summed E-state index contributed by atoms with van der Waals surface area (Å²) in [5, 5.41) is 7.63. The number of hydrogen-bond acceptors (Lipinski definition) is 4. The predicted octanol–water partition coefficient (Wildman–Crippen LogP) is 5.19. The van der Waals surface area contributed by atoms with Crippen molar-refractivity contribution in [2.45, 2.75) is 19.4 Å². The third kappa shape index (κ3) is 4.83. The summed E-state index contributed by atoms with van der Waals surface area (Å²) in [4.78, 5) is 33.1. The highest BCUT2D eigenvalue weighted by atomic mass is 16.2. The molecule has 1 unspecified atom stereocenters. The molecule has 0 fully saturated rings. The van der Waals surface area contributed by atoms with Crippen LogP contribution >= 0.6 is 0 Å². The summed E-state index contributed by atoms with van der Waals surface area (Å²) in [5.41, 5.74) is 5.86. The number of aromatic nitrogens is 1. The molecular formula is C29H31N5O2. The highest BCUT2D eigenvalue weighted by molar-refractivity contribution is 6.09. The molecule has 1 aliphatic rings. The number of rotatable bonds is 5. The van der Waals surface area contributed by atoms with Gasteiger partial charge in [0.1, 0.15) is 0 Å². The lowest BCUT2D eigenvalue weighted by molar-refractivity contribution is -0.114. The van der Waals surface area contributed by atoms with E-state index < -0.39 is 0 Å². The molecule has 0 bridgehead atoms. The van der Waals surface area contributed by atoms with Crippen molar-refractivity contribution in [3.05, 3.63) is 78.5 Å². The molecule has 7 heteroatoms. The molecule has 7 nitrogen and oxygen atoms in total. The summed E-state index contributed by atoms with van der Waals surface area (Å²) in [6, 6.07) is 21.9. The monoisotopic (exact) mass is 481 g/mol. The van der Waals surface area contributed by atoms with E-state index in [-0.39, 0.29) is 17.9 Å². The minimum absolute atomic E-state index is 0.0889. The number of nitrogens with one attached hydrogen (secondary N) is 3. The maximum absolute atomic E-state index is 13.8. The summed E-state index contributed by atoms with van der Waals surface area (Å²) in [6.45, 7) is 2.96. The number of anilines is 3. The minimum Gasteiger partial charge on any atom is -0.379 e. The minimum atomic E-state index is -0.181. The van der Waals surface area contributed by atoms with Crippen LogP contribution < -0.4 is 15.5 Å². The highest BCUT2D eigenvalue weighted by Gasteiger charge is 2.26. The molecule has 2 amide bonds. The van der Waals surface area contributed by atoms with Crippen molar-refractivity contribution < 1.29 is 9.59 Å². The summed E-state index contributed by atoms with van der Waals surface area (Å²) >= 11 is 0. The van der Waals surface area contributed by atoms with E-state index in [1.165, 1.54) is 6.92 Å². The number of H-pyrrole nitrogens is 1. The lowest BCUT2D eigenvalue weighted by Gasteiger charge is -2.23. The Kier molecular flexibility index (Phi) is 6.48. The zero-order chi connectivity index (χ0) is 25.2. The molecule has 1 atom stereocenters. The van der Waals surface area contributed by atoms with Crippen molar-refractivity contribution in [2.75, 3.05) is 42.7 Å². The fourth-order valence-corrected chi connectivity index (χ4v) is 4.92. The molecule has 1 aromatic heterocycles. The smallest absolute Gasteiger partial charge is 0.258 e. The largest absolute Gasteiger partial charge is 0.379 e. The predicted molar refractivity (Wildman–Crippen MR) is 147 cm³/mol. The van der Waals surface area contributed by atoms with Gasteiger partial charge in [-0.3, -0.25) is 9.59 Å². The first kappa shape index (κ1) is 23.6. The molecule has 0 saturated heterocycles. The third-order valence-electron chi connectivity index (χ3n) is 6.53. The van der Waals surface area contributed by atoms with Crippen LogP contribution in [0.1, 0.15) is 23.7 Å². The molecule has 184 valence electrons. The van der Waals surface area contributed by atoms with Crippen LogP contribution in [0.25, 0.3) is 22.0 Å². The van der Waals surface area contributed by atoms with Crippen LogP contribution in [0.3, 0.4) is 0 Å². The first-order valence-electron chi connectivity index (χ1n) is 12.2. The van der Waals surface area contributed by atoms with Gasteiger partial charge in [-0.25, -0.2) is 0 Å². The van der Waals surface area contributed by atoms with Gasteiger partial charge in [-0.2, -0.15) is 0 Å². The topological polar surface area (TPSA) is 80.5 Å². The highest BCUT2D eigenvalue weighted by Crippen LogP contribution is 2.34. The maximum Gasteiger partial charge on any atom is 0.258 e. The standard InChI is InChI=1S/C29H31N5O2/c1-19(35)31-27-17-22(8-10-24(27)20-9-11-25-21(16-20)12-14-30-25)29(36)34-15-13-23(18-33(2)3)32-26-6-4-5-7-28(26)34/h4-12,14,16-17,23,30,32H,13,15,18H2,1-3H3,(H,31,35). The van der Waals surface area contributed by atoms with Crippen molar-refractivity contribution in [3.8, 4) is 11.1 Å². The van der Waals surface area contributed by atoms with Crippen LogP contribution in [0.15, 0.2) is 72.9 Å². The molecule has 0 spiro atoms. The van der Waals surface area contributed by atoms with Gasteiger partial charge in [0, 0.05) is 54.6 Å². The molecule has 4 aromatic rings. The van der Waals surface area contributed by atoms with E-state index in [9.17, 15) is 9.59 Å². The molecule has 3 N–H and O–H groups in total. The van der Waals surface area contributed by atoms with Gasteiger partial charge in [-0.05, 0) is 73.9 Å². The van der Waals surface area contributed by atoms with Gasteiger partial charge in [-0.15, -0.1) is 0 Å². The van der Waals surface area contributed by atoms with Gasteiger partial charge >= 0.3 is 0 Å². The van der Waals surface area contributed by atoms with Crippen LogP contribution in [0.5, 0.6) is 0 Å². The average Bonchev–Trinajstić information content (AvgIpc) is 3.24. The van der Waals surface area contributed by atoms with Gasteiger partial charge in [0.25, 0.3) is 5.91 Å². The van der Waals surface area contributed by atoms with Crippen LogP contribution in [-0.2, 0) is 4.79 Å². The van der Waals surface area contributed by atoms with Crippen LogP contribution in [0.4, 0.5) is 17.1 Å². The Morgan fingerprint density at radius 3 is 2.69 bits per heavy atom. The molecular weight excluding hydrogens is 450 g/mol. The van der Waals surface area contributed by atoms with Crippen molar-refractivity contribution in [1.29, 1.82) is 0 Å². The Hall–Kier alpha value is -4.10. The van der Waals surface area contributed by atoms with Crippen molar-refractivity contribution in [3.63, 3.8) is 0 Å². The molecule has 36 heavy (non-hydrogen) atoms. The molecule has 1 aliphatic heterocycles. The second-order valence-electron chi connectivity index (χ2n) is 9.59. The van der Waals surface area contributed by atoms with Crippen molar-refractivity contribution in [2.24, 2.45) is 0 Å². The Morgan fingerprint density at radius 1 is 1.06 bits per heavy atom. The molecule has 0 aliphatic carbocycles. The first-order valence-corrected chi connectivity index (χ1v) is 12.2. The summed E-state index contributed by atoms with van der Waals surface area (Å²) < 4.78 is 0. The quantitative estimate of drug-likeness (QED) is 0.367. The second-order valence-corrected chi connectivity index (χ2v) is 9.59. The molecule has 5 rings (SSSR count). The zero-order valence-electron chi connectivity index (χ0n) is 20.8. The SMILES string of the molecule is CC(=O)Nc1cc(C(=O)N2CCC(CN(C)C)Nc3ccccc32)ccc1-c1ccc2[nH]ccc2c1. The third-order valence-corrected chi connectivity index (χ3v) is 6.53. The van der Waals surface area contributed by atoms with Gasteiger partial charge in [0.15, 0.2) is 0 Å². The number of nitrogens with zero attached hydrogens (tertiary/aromatic N) is 2. The van der Waals surface area contributed by atoms with Crippen molar-refractivity contribution in [1.82, 2.24) is 9.88 Å². The van der Waals surface area contributed by atoms with E-state index in [4.69, 9.17) is 0 Å². The number of benzene rings is 3. The van der Waals surface area contributed by atoms with Gasteiger partial charge in [0.2, 0.25) is 5.91 Å². The van der Waals surface area contributed by atoms with Crippen LogP contribution in [0, 0.1) is 0 Å². The molecule has 0 radical (unpaired) electrons. The van der Waals surface area contributed by atoms with Gasteiger partial charge < -0.3 is 25.4 Å². The first-order chi connectivity index (χ1) is 17.4. The normalized spacial score (nSPS) is 15.3. The lowest BCUT2D eigenvalue weighted by Crippen LogP contribution is -2.35. The number of aromatic amines is 1. The molecule has 2 heterocycles. The van der Waals surface area contributed by atoms with E-state index >= 15 is 0 Å². The summed E-state index contributed by atoms with van der Waals surface area (Å²) in [7, 11) is 4.11. The Labute approximate surface area is 211 Å². The summed E-state index contributed by atoms with van der Waals surface area (Å²) in [5.74, 6) is -0.270. The second kappa shape index (κ2) is 9.87. The molecule has 0 saturated carbocycles. The number of likely N-dealkylation sites (N-methyl/N-ethyl adjacent to an activating group) is 1. The van der Waals surface area contributed by atoms with E-state index in [0.717, 1.165) is 46.4 Å². The van der Waals surface area contributed by atoms with Crippen LogP contribution in [-0.4, -0.2) is 54.9 Å². The fraction of sp³-hybridized carbons (Fsp3) is 0.241. The number of para-hydroxylation sites is 2. The fourth-order valence-electron chi connectivity index (χ4n) is 4.92. The Morgan fingerprint density at radius 2 is 1.89 bits per heavy atom. The number of carbonyl (C=O) groups is 2. The average molecular weight is 482 g/mol. The Balaban J connectivity index is 1.50. The number of hydrogen-bond donors (Lipinski definition) is 3. The number of fused-ring (bicyclic) bond motifs is 2. The number of amides is 2.